The van der Waals surface area contributed by atoms with Crippen molar-refractivity contribution in [2.45, 2.75) is 13.0 Å². The van der Waals surface area contributed by atoms with Crippen LogP contribution in [0.25, 0.3) is 10.9 Å². The number of nitrogens with one attached hydrogen (secondary N) is 3. The van der Waals surface area contributed by atoms with Gasteiger partial charge < -0.3 is 15.5 Å². The Morgan fingerprint density at radius 1 is 1.33 bits per heavy atom. The summed E-state index contributed by atoms with van der Waals surface area (Å²) in [5.74, 6) is 1.30. The maximum absolute atomic E-state index is 6.28. The molecule has 0 spiro atoms. The van der Waals surface area contributed by atoms with Gasteiger partial charge in [0.05, 0.1) is 17.9 Å². The number of aromatic nitrogens is 4. The van der Waals surface area contributed by atoms with Crippen molar-refractivity contribution in [3.05, 3.63) is 35.6 Å². The number of H-pyrrole nitrogens is 1. The minimum atomic E-state index is 0.343. The van der Waals surface area contributed by atoms with Gasteiger partial charge >= 0.3 is 0 Å². The van der Waals surface area contributed by atoms with Crippen molar-refractivity contribution in [2.24, 2.45) is 0 Å². The van der Waals surface area contributed by atoms with E-state index >= 15 is 0 Å². The van der Waals surface area contributed by atoms with Crippen molar-refractivity contribution in [1.29, 1.82) is 0 Å². The molecule has 1 aliphatic rings. The zero-order valence-electron chi connectivity index (χ0n) is 13.3. The molecule has 2 aromatic heterocycles. The molecule has 124 valence electrons. The summed E-state index contributed by atoms with van der Waals surface area (Å²) in [4.78, 5) is 11.2. The van der Waals surface area contributed by atoms with Crippen LogP contribution in [0.15, 0.2) is 30.6 Å². The van der Waals surface area contributed by atoms with Crippen LogP contribution in [0, 0.1) is 0 Å². The number of nitrogens with zero attached hydrogens (tertiary/aromatic N) is 4. The number of fused-ring (bicyclic) bond motifs is 1. The van der Waals surface area contributed by atoms with Gasteiger partial charge in [-0.3, -0.25) is 5.10 Å². The lowest BCUT2D eigenvalue weighted by molar-refractivity contribution is 0.493. The first-order chi connectivity index (χ1) is 11.7. The Labute approximate surface area is 144 Å². The monoisotopic (exact) mass is 343 g/mol. The Balaban J connectivity index is 1.63. The van der Waals surface area contributed by atoms with Crippen molar-refractivity contribution in [2.75, 3.05) is 29.9 Å². The second-order valence-electron chi connectivity index (χ2n) is 5.91. The van der Waals surface area contributed by atoms with Crippen LogP contribution >= 0.6 is 11.6 Å². The third-order valence-electron chi connectivity index (χ3n) is 4.19. The van der Waals surface area contributed by atoms with Crippen molar-refractivity contribution in [1.82, 2.24) is 25.5 Å². The van der Waals surface area contributed by atoms with Crippen LogP contribution in [0.5, 0.6) is 0 Å². The zero-order chi connectivity index (χ0) is 16.5. The van der Waals surface area contributed by atoms with Crippen LogP contribution in [0.2, 0.25) is 5.02 Å². The summed E-state index contributed by atoms with van der Waals surface area (Å²) in [5, 5.41) is 15.1. The van der Waals surface area contributed by atoms with Gasteiger partial charge in [-0.2, -0.15) is 10.1 Å². The molecule has 0 radical (unpaired) electrons. The van der Waals surface area contributed by atoms with Gasteiger partial charge in [0.15, 0.2) is 5.82 Å². The maximum atomic E-state index is 6.28. The largest absolute Gasteiger partial charge is 0.339 e. The summed E-state index contributed by atoms with van der Waals surface area (Å²) >= 11 is 6.28. The first kappa shape index (κ1) is 15.2. The predicted molar refractivity (Wildman–Crippen MR) is 96.1 cm³/mol. The number of rotatable bonds is 3. The van der Waals surface area contributed by atoms with E-state index in [9.17, 15) is 0 Å². The molecule has 0 saturated carbocycles. The molecule has 3 N–H and O–H groups in total. The number of piperazine rings is 1. The molecule has 3 heterocycles. The van der Waals surface area contributed by atoms with E-state index in [1.54, 1.807) is 12.4 Å². The molecule has 8 heteroatoms. The van der Waals surface area contributed by atoms with Crippen LogP contribution in [0.3, 0.4) is 0 Å². The summed E-state index contributed by atoms with van der Waals surface area (Å²) in [6, 6.07) is 6.28. The van der Waals surface area contributed by atoms with Gasteiger partial charge in [-0.1, -0.05) is 11.6 Å². The lowest BCUT2D eigenvalue weighted by Crippen LogP contribution is -2.50. The molecule has 4 rings (SSSR count). The Bertz CT molecular complexity index is 863. The van der Waals surface area contributed by atoms with Crippen LogP contribution in [-0.2, 0) is 0 Å². The summed E-state index contributed by atoms with van der Waals surface area (Å²) in [6.45, 7) is 4.88. The zero-order valence-corrected chi connectivity index (χ0v) is 14.0. The van der Waals surface area contributed by atoms with E-state index in [-0.39, 0.29) is 0 Å². The van der Waals surface area contributed by atoms with E-state index in [1.165, 1.54) is 0 Å². The van der Waals surface area contributed by atoms with Crippen molar-refractivity contribution in [3.8, 4) is 0 Å². The van der Waals surface area contributed by atoms with Crippen LogP contribution < -0.4 is 15.5 Å². The third kappa shape index (κ3) is 2.88. The highest BCUT2D eigenvalue weighted by atomic mass is 35.5. The van der Waals surface area contributed by atoms with E-state index < -0.39 is 0 Å². The van der Waals surface area contributed by atoms with Gasteiger partial charge in [0, 0.05) is 36.7 Å². The summed E-state index contributed by atoms with van der Waals surface area (Å²) in [6.07, 6.45) is 3.44. The second-order valence-corrected chi connectivity index (χ2v) is 6.32. The van der Waals surface area contributed by atoms with Crippen LogP contribution in [0.1, 0.15) is 6.92 Å². The predicted octanol–water partition coefficient (Wildman–Crippen LogP) is 2.55. The number of hydrogen-bond donors (Lipinski definition) is 3. The summed E-state index contributed by atoms with van der Waals surface area (Å²) in [7, 11) is 0. The summed E-state index contributed by atoms with van der Waals surface area (Å²) in [5.41, 5.74) is 1.90. The highest BCUT2D eigenvalue weighted by Gasteiger charge is 2.21. The lowest BCUT2D eigenvalue weighted by atomic mass is 10.2. The average molecular weight is 344 g/mol. The van der Waals surface area contributed by atoms with E-state index in [1.807, 2.05) is 18.2 Å². The van der Waals surface area contributed by atoms with Gasteiger partial charge in [0.1, 0.15) is 5.02 Å². The normalized spacial score (nSPS) is 18.1. The minimum Gasteiger partial charge on any atom is -0.339 e. The van der Waals surface area contributed by atoms with Gasteiger partial charge in [-0.25, -0.2) is 4.98 Å². The molecule has 7 nitrogen and oxygen atoms in total. The number of hydrogen-bond acceptors (Lipinski definition) is 6. The fourth-order valence-electron chi connectivity index (χ4n) is 2.88. The molecule has 1 atom stereocenters. The molecule has 3 aromatic rings. The van der Waals surface area contributed by atoms with Gasteiger partial charge in [-0.05, 0) is 25.1 Å². The fourth-order valence-corrected chi connectivity index (χ4v) is 3.02. The Kier molecular flexibility index (Phi) is 3.95. The quantitative estimate of drug-likeness (QED) is 0.678. The van der Waals surface area contributed by atoms with E-state index in [0.29, 0.717) is 22.8 Å². The first-order valence-electron chi connectivity index (χ1n) is 7.91. The smallest absolute Gasteiger partial charge is 0.227 e. The molecule has 0 aliphatic carbocycles. The average Bonchev–Trinajstić information content (AvgIpc) is 3.05. The third-order valence-corrected chi connectivity index (χ3v) is 4.47. The Morgan fingerprint density at radius 3 is 3.12 bits per heavy atom. The Morgan fingerprint density at radius 2 is 2.25 bits per heavy atom. The number of halogens is 1. The van der Waals surface area contributed by atoms with Gasteiger partial charge in [-0.15, -0.1) is 0 Å². The van der Waals surface area contributed by atoms with Gasteiger partial charge in [0.25, 0.3) is 0 Å². The van der Waals surface area contributed by atoms with E-state index in [0.717, 1.165) is 36.2 Å². The first-order valence-corrected chi connectivity index (χ1v) is 8.28. The second kappa shape index (κ2) is 6.26. The molecule has 24 heavy (non-hydrogen) atoms. The standard InChI is InChI=1S/C16H18ClN7/c1-10-7-18-4-5-24(10)16-19-9-13(17)15(22-16)21-12-2-3-14-11(6-12)8-20-23-14/h2-3,6,8-10,18H,4-5,7H2,1H3,(H,20,23)(H,19,21,22). The van der Waals surface area contributed by atoms with E-state index in [2.05, 4.69) is 42.6 Å². The van der Waals surface area contributed by atoms with Crippen molar-refractivity contribution < 1.29 is 0 Å². The summed E-state index contributed by atoms with van der Waals surface area (Å²) < 4.78 is 0. The van der Waals surface area contributed by atoms with Crippen molar-refractivity contribution in [3.63, 3.8) is 0 Å². The highest BCUT2D eigenvalue weighted by molar-refractivity contribution is 6.32. The topological polar surface area (TPSA) is 81.8 Å². The molecular formula is C16H18ClN7. The maximum Gasteiger partial charge on any atom is 0.227 e. The van der Waals surface area contributed by atoms with Crippen molar-refractivity contribution >= 4 is 40.0 Å². The van der Waals surface area contributed by atoms with Crippen LogP contribution in [-0.4, -0.2) is 45.8 Å². The highest BCUT2D eigenvalue weighted by Crippen LogP contribution is 2.27. The molecule has 1 aromatic carbocycles. The lowest BCUT2D eigenvalue weighted by Gasteiger charge is -2.34. The number of benzene rings is 1. The molecule has 1 unspecified atom stereocenters. The molecule has 0 bridgehead atoms. The molecular weight excluding hydrogens is 326 g/mol. The SMILES string of the molecule is CC1CNCCN1c1ncc(Cl)c(Nc2ccc3[nH]ncc3c2)n1. The molecule has 1 fully saturated rings. The molecule has 1 saturated heterocycles. The van der Waals surface area contributed by atoms with Crippen LogP contribution in [0.4, 0.5) is 17.5 Å². The van der Waals surface area contributed by atoms with E-state index in [4.69, 9.17) is 11.6 Å². The molecule has 0 amide bonds. The molecule has 1 aliphatic heterocycles. The fraction of sp³-hybridized carbons (Fsp3) is 0.312. The number of aromatic amines is 1. The van der Waals surface area contributed by atoms with Gasteiger partial charge in [0.2, 0.25) is 5.95 Å². The Hall–Kier alpha value is -2.38. The number of anilines is 3. The minimum absolute atomic E-state index is 0.343.